The Labute approximate surface area is 172 Å². The third-order valence-electron chi connectivity index (χ3n) is 6.98. The second-order valence-corrected chi connectivity index (χ2v) is 8.92. The predicted molar refractivity (Wildman–Crippen MR) is 107 cm³/mol. The highest BCUT2D eigenvalue weighted by molar-refractivity contribution is 5.82. The number of fused-ring (bicyclic) bond motifs is 2. The zero-order valence-electron chi connectivity index (χ0n) is 16.7. The van der Waals surface area contributed by atoms with Gasteiger partial charge in [-0.3, -0.25) is 19.4 Å². The number of aromatic amines is 1. The summed E-state index contributed by atoms with van der Waals surface area (Å²) in [7, 11) is 0. The predicted octanol–water partition coefficient (Wildman–Crippen LogP) is 3.38. The van der Waals surface area contributed by atoms with Gasteiger partial charge in [0.15, 0.2) is 0 Å². The van der Waals surface area contributed by atoms with E-state index in [0.717, 1.165) is 24.6 Å². The van der Waals surface area contributed by atoms with Crippen molar-refractivity contribution in [3.63, 3.8) is 0 Å². The SMILES string of the molecule is Cc1cc(=O)n(CC2C[C@H](C(=O)N3N=CCC3c3cc(F)cc(F)c3)C3CC2C3)[nH]1. The van der Waals surface area contributed by atoms with E-state index in [4.69, 9.17) is 0 Å². The minimum absolute atomic E-state index is 0.0471. The number of hydrogen-bond acceptors (Lipinski definition) is 3. The van der Waals surface area contributed by atoms with E-state index in [1.54, 1.807) is 17.0 Å². The van der Waals surface area contributed by atoms with Crippen LogP contribution in [-0.2, 0) is 11.3 Å². The van der Waals surface area contributed by atoms with Gasteiger partial charge in [-0.2, -0.15) is 5.10 Å². The quantitative estimate of drug-likeness (QED) is 0.833. The molecule has 3 atom stereocenters. The molecule has 0 spiro atoms. The first-order chi connectivity index (χ1) is 14.4. The number of aryl methyl sites for hydroxylation is 1. The topological polar surface area (TPSA) is 70.5 Å². The van der Waals surface area contributed by atoms with Crippen LogP contribution in [0.25, 0.3) is 0 Å². The summed E-state index contributed by atoms with van der Waals surface area (Å²) in [5.41, 5.74) is 1.20. The first-order valence-electron chi connectivity index (χ1n) is 10.5. The normalized spacial score (nSPS) is 29.8. The van der Waals surface area contributed by atoms with Gasteiger partial charge >= 0.3 is 0 Å². The van der Waals surface area contributed by atoms with Crippen molar-refractivity contribution in [1.29, 1.82) is 0 Å². The molecule has 2 bridgehead atoms. The molecule has 3 aliphatic carbocycles. The van der Waals surface area contributed by atoms with Gasteiger partial charge in [-0.15, -0.1) is 0 Å². The van der Waals surface area contributed by atoms with E-state index in [-0.39, 0.29) is 23.3 Å². The number of nitrogens with zero attached hydrogens (tertiary/aromatic N) is 3. The molecule has 1 aromatic carbocycles. The van der Waals surface area contributed by atoms with Gasteiger partial charge in [-0.1, -0.05) is 0 Å². The molecule has 1 amide bonds. The Morgan fingerprint density at radius 2 is 1.87 bits per heavy atom. The number of halogens is 2. The fourth-order valence-electron chi connectivity index (χ4n) is 5.43. The van der Waals surface area contributed by atoms with Gasteiger partial charge in [0.2, 0.25) is 5.91 Å². The number of carbonyl (C=O) groups is 1. The first-order valence-corrected chi connectivity index (χ1v) is 10.5. The lowest BCUT2D eigenvalue weighted by Crippen LogP contribution is -2.50. The van der Waals surface area contributed by atoms with E-state index in [1.807, 2.05) is 6.92 Å². The van der Waals surface area contributed by atoms with Crippen LogP contribution < -0.4 is 5.56 Å². The summed E-state index contributed by atoms with van der Waals surface area (Å²) < 4.78 is 29.1. The average Bonchev–Trinajstić information content (AvgIpc) is 3.26. The smallest absolute Gasteiger partial charge is 0.266 e. The molecular weight excluding hydrogens is 390 g/mol. The van der Waals surface area contributed by atoms with Crippen LogP contribution >= 0.6 is 0 Å². The van der Waals surface area contributed by atoms with Crippen LogP contribution in [-0.4, -0.2) is 26.9 Å². The van der Waals surface area contributed by atoms with Crippen LogP contribution in [0.3, 0.4) is 0 Å². The van der Waals surface area contributed by atoms with Gasteiger partial charge < -0.3 is 0 Å². The largest absolute Gasteiger partial charge is 0.300 e. The summed E-state index contributed by atoms with van der Waals surface area (Å²) in [4.78, 5) is 25.5. The van der Waals surface area contributed by atoms with Crippen LogP contribution in [0.5, 0.6) is 0 Å². The molecule has 8 heteroatoms. The lowest BCUT2D eigenvalue weighted by Gasteiger charge is -2.51. The Bertz CT molecular complexity index is 1050. The van der Waals surface area contributed by atoms with Crippen molar-refractivity contribution in [1.82, 2.24) is 14.8 Å². The van der Waals surface area contributed by atoms with Crippen molar-refractivity contribution in [2.24, 2.45) is 28.8 Å². The van der Waals surface area contributed by atoms with Crippen LogP contribution in [0.15, 0.2) is 34.2 Å². The van der Waals surface area contributed by atoms with Crippen LogP contribution in [0.2, 0.25) is 0 Å². The van der Waals surface area contributed by atoms with Gasteiger partial charge in [0.1, 0.15) is 11.6 Å². The van der Waals surface area contributed by atoms with E-state index in [2.05, 4.69) is 10.2 Å². The molecule has 6 rings (SSSR count). The number of H-pyrrole nitrogens is 1. The summed E-state index contributed by atoms with van der Waals surface area (Å²) in [5.74, 6) is -0.474. The maximum atomic E-state index is 13.7. The number of hydrogen-bond donors (Lipinski definition) is 1. The van der Waals surface area contributed by atoms with Crippen molar-refractivity contribution in [3.05, 3.63) is 57.5 Å². The van der Waals surface area contributed by atoms with Gasteiger partial charge in [-0.25, -0.2) is 13.8 Å². The van der Waals surface area contributed by atoms with Crippen molar-refractivity contribution in [2.45, 2.75) is 45.2 Å². The Morgan fingerprint density at radius 1 is 1.13 bits per heavy atom. The number of rotatable bonds is 4. The molecule has 3 saturated carbocycles. The second kappa shape index (κ2) is 7.18. The third kappa shape index (κ3) is 3.28. The molecule has 0 saturated heterocycles. The molecule has 0 radical (unpaired) electrons. The van der Waals surface area contributed by atoms with Crippen molar-refractivity contribution >= 4 is 12.1 Å². The van der Waals surface area contributed by atoms with Crippen molar-refractivity contribution in [2.75, 3.05) is 0 Å². The molecule has 4 aliphatic rings. The molecule has 2 aromatic rings. The number of aromatic nitrogens is 2. The monoisotopic (exact) mass is 414 g/mol. The highest BCUT2D eigenvalue weighted by Crippen LogP contribution is 2.53. The summed E-state index contributed by atoms with van der Waals surface area (Å²) >= 11 is 0. The zero-order chi connectivity index (χ0) is 21.0. The van der Waals surface area contributed by atoms with E-state index >= 15 is 0 Å². The highest BCUT2D eigenvalue weighted by atomic mass is 19.1. The summed E-state index contributed by atoms with van der Waals surface area (Å²) in [6, 6.07) is 4.47. The Morgan fingerprint density at radius 3 is 2.53 bits per heavy atom. The van der Waals surface area contributed by atoms with Crippen LogP contribution in [0.1, 0.15) is 43.0 Å². The molecule has 3 fully saturated rings. The molecule has 30 heavy (non-hydrogen) atoms. The lowest BCUT2D eigenvalue weighted by atomic mass is 9.55. The van der Waals surface area contributed by atoms with Gasteiger partial charge in [0, 0.05) is 42.9 Å². The van der Waals surface area contributed by atoms with E-state index in [9.17, 15) is 18.4 Å². The minimum Gasteiger partial charge on any atom is -0.300 e. The molecule has 1 aromatic heterocycles. The fraction of sp³-hybridized carbons (Fsp3) is 0.500. The van der Waals surface area contributed by atoms with Gasteiger partial charge in [-0.05, 0) is 61.6 Å². The molecule has 6 nitrogen and oxygen atoms in total. The molecule has 1 N–H and O–H groups in total. The maximum Gasteiger partial charge on any atom is 0.266 e. The molecule has 2 heterocycles. The Kier molecular flexibility index (Phi) is 4.60. The average molecular weight is 414 g/mol. The lowest BCUT2D eigenvalue weighted by molar-refractivity contribution is -0.147. The number of hydrazone groups is 1. The van der Waals surface area contributed by atoms with Crippen LogP contribution in [0, 0.1) is 42.2 Å². The van der Waals surface area contributed by atoms with Crippen LogP contribution in [0.4, 0.5) is 8.78 Å². The Balaban J connectivity index is 1.34. The third-order valence-corrected chi connectivity index (χ3v) is 6.98. The van der Waals surface area contributed by atoms with E-state index in [1.165, 1.54) is 17.1 Å². The number of benzene rings is 1. The van der Waals surface area contributed by atoms with E-state index in [0.29, 0.717) is 36.8 Å². The Hall–Kier alpha value is -2.77. The number of carbonyl (C=O) groups excluding carboxylic acids is 1. The summed E-state index contributed by atoms with van der Waals surface area (Å²) in [5, 5.41) is 8.76. The molecule has 2 unspecified atom stereocenters. The maximum absolute atomic E-state index is 13.7. The van der Waals surface area contributed by atoms with E-state index < -0.39 is 17.7 Å². The van der Waals surface area contributed by atoms with Gasteiger partial charge in [0.25, 0.3) is 5.56 Å². The standard InChI is InChI=1S/C22H24F2N4O2/c1-12-4-21(29)27(26-12)11-16-9-19(14-5-13(16)6-14)22(30)28-20(2-3-25-28)15-7-17(23)10-18(24)8-15/h3-4,7-8,10,13-14,16,19-20,26H,2,5-6,9,11H2,1H3/t13?,14?,16?,19-,20?/m0/s1. The first kappa shape index (κ1) is 19.2. The van der Waals surface area contributed by atoms with Crippen molar-refractivity contribution < 1.29 is 13.6 Å². The highest BCUT2D eigenvalue weighted by Gasteiger charge is 2.50. The second-order valence-electron chi connectivity index (χ2n) is 8.92. The number of amides is 1. The molecule has 158 valence electrons. The fourth-order valence-corrected chi connectivity index (χ4v) is 5.43. The number of nitrogens with one attached hydrogen (secondary N) is 1. The summed E-state index contributed by atoms with van der Waals surface area (Å²) in [6.45, 7) is 2.43. The van der Waals surface area contributed by atoms with Crippen molar-refractivity contribution in [3.8, 4) is 0 Å². The zero-order valence-corrected chi connectivity index (χ0v) is 16.7. The molecular formula is C22H24F2N4O2. The minimum atomic E-state index is -0.657. The van der Waals surface area contributed by atoms with Gasteiger partial charge in [0.05, 0.1) is 6.04 Å². The molecule has 1 aliphatic heterocycles. The summed E-state index contributed by atoms with van der Waals surface area (Å²) in [6.07, 6.45) is 4.74.